The van der Waals surface area contributed by atoms with Crippen molar-refractivity contribution in [3.8, 4) is 17.3 Å². The number of rotatable bonds is 4. The second kappa shape index (κ2) is 7.48. The predicted octanol–water partition coefficient (Wildman–Crippen LogP) is 4.91. The number of allylic oxidation sites excluding steroid dienone is 2. The van der Waals surface area contributed by atoms with Crippen molar-refractivity contribution in [3.05, 3.63) is 95.2 Å². The molecular weight excluding hydrogens is 352 g/mol. The average Bonchev–Trinajstić information content (AvgIpc) is 3.11. The maximum absolute atomic E-state index is 9.75. The average molecular weight is 370 g/mol. The van der Waals surface area contributed by atoms with Crippen molar-refractivity contribution >= 4 is 16.5 Å². The van der Waals surface area contributed by atoms with Crippen molar-refractivity contribution in [2.24, 2.45) is 0 Å². The summed E-state index contributed by atoms with van der Waals surface area (Å²) in [6.45, 7) is 0.728. The first-order valence-electron chi connectivity index (χ1n) is 8.66. The van der Waals surface area contributed by atoms with Crippen LogP contribution in [0.1, 0.15) is 16.4 Å². The number of benzene rings is 2. The minimum absolute atomic E-state index is 0.132. The third-order valence-corrected chi connectivity index (χ3v) is 5.41. The van der Waals surface area contributed by atoms with E-state index in [0.717, 1.165) is 22.7 Å². The summed E-state index contributed by atoms with van der Waals surface area (Å²) in [6.07, 6.45) is 6.01. The SMILES string of the molecule is N#CC1=CN(Cc2ccccc2)C=CC1c1sc(N)nc1-c1ccccc1. The largest absolute Gasteiger partial charge is 0.375 e. The number of anilines is 1. The van der Waals surface area contributed by atoms with Crippen molar-refractivity contribution in [1.82, 2.24) is 9.88 Å². The van der Waals surface area contributed by atoms with Gasteiger partial charge < -0.3 is 10.6 Å². The summed E-state index contributed by atoms with van der Waals surface area (Å²) in [4.78, 5) is 7.56. The fraction of sp³-hybridized carbons (Fsp3) is 0.0909. The lowest BCUT2D eigenvalue weighted by molar-refractivity contribution is 0.485. The second-order valence-corrected chi connectivity index (χ2v) is 7.37. The van der Waals surface area contributed by atoms with Crippen LogP contribution in [0.5, 0.6) is 0 Å². The standard InChI is InChI=1S/C22H18N4S/c23-13-18-15-26(14-16-7-3-1-4-8-16)12-11-19(18)21-20(25-22(24)27-21)17-9-5-2-6-10-17/h1-12,15,19H,14H2,(H2,24,25). The Balaban J connectivity index is 1.65. The van der Waals surface area contributed by atoms with Crippen LogP contribution in [0.4, 0.5) is 5.13 Å². The Morgan fingerprint density at radius 3 is 2.48 bits per heavy atom. The van der Waals surface area contributed by atoms with E-state index in [1.807, 2.05) is 65.8 Å². The van der Waals surface area contributed by atoms with Crippen molar-refractivity contribution in [3.63, 3.8) is 0 Å². The van der Waals surface area contributed by atoms with Gasteiger partial charge in [-0.1, -0.05) is 66.7 Å². The van der Waals surface area contributed by atoms with E-state index in [2.05, 4.69) is 29.3 Å². The van der Waals surface area contributed by atoms with Crippen LogP contribution >= 0.6 is 11.3 Å². The summed E-state index contributed by atoms with van der Waals surface area (Å²) in [7, 11) is 0. The molecule has 0 radical (unpaired) electrons. The van der Waals surface area contributed by atoms with Crippen molar-refractivity contribution in [1.29, 1.82) is 5.26 Å². The van der Waals surface area contributed by atoms with Crippen LogP contribution in [0.15, 0.2) is 84.7 Å². The molecule has 1 aliphatic heterocycles. The van der Waals surface area contributed by atoms with Gasteiger partial charge in [-0.3, -0.25) is 0 Å². The lowest BCUT2D eigenvalue weighted by Gasteiger charge is -2.24. The fourth-order valence-electron chi connectivity index (χ4n) is 3.18. The van der Waals surface area contributed by atoms with E-state index in [0.29, 0.717) is 10.7 Å². The molecule has 5 heteroatoms. The van der Waals surface area contributed by atoms with Crippen LogP contribution in [-0.2, 0) is 6.54 Å². The number of nitrogens with zero attached hydrogens (tertiary/aromatic N) is 3. The Labute approximate surface area is 162 Å². The number of nitrogens with two attached hydrogens (primary N) is 1. The molecule has 0 fully saturated rings. The molecule has 0 amide bonds. The Hall–Kier alpha value is -3.36. The van der Waals surface area contributed by atoms with E-state index in [1.165, 1.54) is 16.9 Å². The van der Waals surface area contributed by atoms with Gasteiger partial charge in [0.25, 0.3) is 0 Å². The lowest BCUT2D eigenvalue weighted by Crippen LogP contribution is -2.16. The minimum atomic E-state index is -0.132. The van der Waals surface area contributed by atoms with Gasteiger partial charge in [0.15, 0.2) is 5.13 Å². The molecule has 0 aliphatic carbocycles. The number of aromatic nitrogens is 1. The number of hydrogen-bond donors (Lipinski definition) is 1. The first-order valence-corrected chi connectivity index (χ1v) is 9.47. The van der Waals surface area contributed by atoms with Crippen molar-refractivity contribution in [2.75, 3.05) is 5.73 Å². The van der Waals surface area contributed by atoms with E-state index >= 15 is 0 Å². The zero-order valence-electron chi connectivity index (χ0n) is 14.6. The number of thiazole rings is 1. The molecule has 0 bridgehead atoms. The topological polar surface area (TPSA) is 65.9 Å². The van der Waals surface area contributed by atoms with Gasteiger partial charge in [-0.15, -0.1) is 11.3 Å². The monoisotopic (exact) mass is 370 g/mol. The molecule has 1 aromatic heterocycles. The molecule has 4 rings (SSSR count). The highest BCUT2D eigenvalue weighted by molar-refractivity contribution is 7.16. The van der Waals surface area contributed by atoms with Gasteiger partial charge in [0.05, 0.1) is 23.3 Å². The first kappa shape index (κ1) is 17.1. The molecule has 2 N–H and O–H groups in total. The van der Waals surface area contributed by atoms with E-state index in [9.17, 15) is 5.26 Å². The summed E-state index contributed by atoms with van der Waals surface area (Å²) >= 11 is 1.45. The van der Waals surface area contributed by atoms with Crippen molar-refractivity contribution < 1.29 is 0 Å². The van der Waals surface area contributed by atoms with Crippen LogP contribution in [0, 0.1) is 11.3 Å². The predicted molar refractivity (Wildman–Crippen MR) is 110 cm³/mol. The zero-order chi connectivity index (χ0) is 18.6. The molecular formula is C22H18N4S. The quantitative estimate of drug-likeness (QED) is 0.708. The zero-order valence-corrected chi connectivity index (χ0v) is 15.4. The molecule has 1 atom stereocenters. The molecule has 2 aromatic carbocycles. The Morgan fingerprint density at radius 1 is 1.07 bits per heavy atom. The first-order chi connectivity index (χ1) is 13.2. The van der Waals surface area contributed by atoms with Crippen LogP contribution in [0.25, 0.3) is 11.3 Å². The Morgan fingerprint density at radius 2 is 1.78 bits per heavy atom. The highest BCUT2D eigenvalue weighted by Crippen LogP contribution is 2.40. The molecule has 1 unspecified atom stereocenters. The number of hydrogen-bond acceptors (Lipinski definition) is 5. The van der Waals surface area contributed by atoms with Gasteiger partial charge in [-0.2, -0.15) is 5.26 Å². The third-order valence-electron chi connectivity index (χ3n) is 4.45. The second-order valence-electron chi connectivity index (χ2n) is 6.30. The van der Waals surface area contributed by atoms with Gasteiger partial charge >= 0.3 is 0 Å². The van der Waals surface area contributed by atoms with Gasteiger partial charge in [0.2, 0.25) is 0 Å². The summed E-state index contributed by atoms with van der Waals surface area (Å²) in [6, 6.07) is 22.5. The van der Waals surface area contributed by atoms with Crippen LogP contribution in [0.3, 0.4) is 0 Å². The number of nitrogen functional groups attached to an aromatic ring is 1. The summed E-state index contributed by atoms with van der Waals surface area (Å²) < 4.78 is 0. The maximum Gasteiger partial charge on any atom is 0.180 e. The van der Waals surface area contributed by atoms with Crippen LogP contribution in [0.2, 0.25) is 0 Å². The van der Waals surface area contributed by atoms with Gasteiger partial charge in [0, 0.05) is 29.4 Å². The Kier molecular flexibility index (Phi) is 4.73. The number of nitriles is 1. The van der Waals surface area contributed by atoms with Gasteiger partial charge in [-0.25, -0.2) is 4.98 Å². The minimum Gasteiger partial charge on any atom is -0.375 e. The Bertz CT molecular complexity index is 1030. The van der Waals surface area contributed by atoms with Crippen LogP contribution < -0.4 is 5.73 Å². The third kappa shape index (κ3) is 3.62. The normalized spacial score (nSPS) is 16.0. The van der Waals surface area contributed by atoms with E-state index in [1.54, 1.807) is 0 Å². The highest BCUT2D eigenvalue weighted by atomic mass is 32.1. The molecule has 27 heavy (non-hydrogen) atoms. The highest BCUT2D eigenvalue weighted by Gasteiger charge is 2.25. The lowest BCUT2D eigenvalue weighted by atomic mass is 9.94. The van der Waals surface area contributed by atoms with Gasteiger partial charge in [0.1, 0.15) is 0 Å². The van der Waals surface area contributed by atoms with E-state index in [-0.39, 0.29) is 5.92 Å². The van der Waals surface area contributed by atoms with Crippen LogP contribution in [-0.4, -0.2) is 9.88 Å². The molecule has 132 valence electrons. The molecule has 0 spiro atoms. The van der Waals surface area contributed by atoms with E-state index < -0.39 is 0 Å². The van der Waals surface area contributed by atoms with Gasteiger partial charge in [-0.05, 0) is 5.56 Å². The maximum atomic E-state index is 9.75. The molecule has 4 nitrogen and oxygen atoms in total. The summed E-state index contributed by atoms with van der Waals surface area (Å²) in [5.41, 5.74) is 9.76. The summed E-state index contributed by atoms with van der Waals surface area (Å²) in [5.74, 6) is -0.132. The molecule has 1 aliphatic rings. The molecule has 0 saturated carbocycles. The smallest absolute Gasteiger partial charge is 0.180 e. The fourth-order valence-corrected chi connectivity index (χ4v) is 4.14. The molecule has 0 saturated heterocycles. The van der Waals surface area contributed by atoms with E-state index in [4.69, 9.17) is 5.73 Å². The molecule has 2 heterocycles. The van der Waals surface area contributed by atoms with Crippen molar-refractivity contribution in [2.45, 2.75) is 12.5 Å². The summed E-state index contributed by atoms with van der Waals surface area (Å²) in [5, 5.41) is 10.3. The molecule has 3 aromatic rings.